The zero-order valence-electron chi connectivity index (χ0n) is 8.82. The number of hydrogen-bond acceptors (Lipinski definition) is 1. The fourth-order valence-electron chi connectivity index (χ4n) is 1.85. The minimum absolute atomic E-state index is 0.658. The molecule has 0 aromatic carbocycles. The summed E-state index contributed by atoms with van der Waals surface area (Å²) in [6.45, 7) is 8.15. The van der Waals surface area contributed by atoms with Crippen LogP contribution in [0.1, 0.15) is 52.9 Å². The smallest absolute Gasteiger partial charge is 0.0121 e. The molecular formula is C11H23N. The van der Waals surface area contributed by atoms with Crippen molar-refractivity contribution in [1.82, 2.24) is 5.32 Å². The van der Waals surface area contributed by atoms with Crippen LogP contribution in [0.15, 0.2) is 0 Å². The first kappa shape index (κ1) is 10.0. The maximum atomic E-state index is 3.67. The SMILES string of the molecule is CCCNC(CCC)C1(C)CC1. The second kappa shape index (κ2) is 4.27. The van der Waals surface area contributed by atoms with Gasteiger partial charge in [0.1, 0.15) is 0 Å². The Morgan fingerprint density at radius 1 is 1.25 bits per heavy atom. The molecule has 1 fully saturated rings. The van der Waals surface area contributed by atoms with E-state index in [2.05, 4.69) is 26.1 Å². The molecule has 0 radical (unpaired) electrons. The predicted molar refractivity (Wildman–Crippen MR) is 54.3 cm³/mol. The molecule has 1 aliphatic carbocycles. The van der Waals surface area contributed by atoms with Gasteiger partial charge < -0.3 is 5.32 Å². The van der Waals surface area contributed by atoms with Crippen molar-refractivity contribution < 1.29 is 0 Å². The van der Waals surface area contributed by atoms with Crippen molar-refractivity contribution in [2.75, 3.05) is 6.54 Å². The van der Waals surface area contributed by atoms with Gasteiger partial charge >= 0.3 is 0 Å². The minimum atomic E-state index is 0.658. The molecule has 1 N–H and O–H groups in total. The van der Waals surface area contributed by atoms with Gasteiger partial charge in [-0.3, -0.25) is 0 Å². The van der Waals surface area contributed by atoms with Gasteiger partial charge in [-0.05, 0) is 37.6 Å². The van der Waals surface area contributed by atoms with Crippen LogP contribution >= 0.6 is 0 Å². The summed E-state index contributed by atoms with van der Waals surface area (Å²) in [5.41, 5.74) is 0.658. The fraction of sp³-hybridized carbons (Fsp3) is 1.00. The van der Waals surface area contributed by atoms with E-state index < -0.39 is 0 Å². The number of hydrogen-bond donors (Lipinski definition) is 1. The zero-order valence-corrected chi connectivity index (χ0v) is 8.82. The summed E-state index contributed by atoms with van der Waals surface area (Å²) in [5.74, 6) is 0. The van der Waals surface area contributed by atoms with Crippen LogP contribution in [0.2, 0.25) is 0 Å². The lowest BCUT2D eigenvalue weighted by Gasteiger charge is -2.24. The third-order valence-corrected chi connectivity index (χ3v) is 3.10. The number of rotatable bonds is 6. The minimum Gasteiger partial charge on any atom is -0.313 e. The Hall–Kier alpha value is -0.0400. The summed E-state index contributed by atoms with van der Waals surface area (Å²) < 4.78 is 0. The van der Waals surface area contributed by atoms with Crippen molar-refractivity contribution in [1.29, 1.82) is 0 Å². The Balaban J connectivity index is 2.28. The van der Waals surface area contributed by atoms with Crippen LogP contribution in [0.25, 0.3) is 0 Å². The highest BCUT2D eigenvalue weighted by atomic mass is 14.9. The van der Waals surface area contributed by atoms with E-state index in [1.807, 2.05) is 0 Å². The lowest BCUT2D eigenvalue weighted by atomic mass is 9.94. The van der Waals surface area contributed by atoms with E-state index in [-0.39, 0.29) is 0 Å². The number of nitrogens with one attached hydrogen (secondary N) is 1. The first-order valence-corrected chi connectivity index (χ1v) is 5.46. The Kier molecular flexibility index (Phi) is 3.57. The average Bonchev–Trinajstić information content (AvgIpc) is 2.78. The fourth-order valence-corrected chi connectivity index (χ4v) is 1.85. The van der Waals surface area contributed by atoms with E-state index in [1.54, 1.807) is 0 Å². The monoisotopic (exact) mass is 169 g/mol. The van der Waals surface area contributed by atoms with Gasteiger partial charge in [0.25, 0.3) is 0 Å². The van der Waals surface area contributed by atoms with Gasteiger partial charge in [-0.15, -0.1) is 0 Å². The van der Waals surface area contributed by atoms with Crippen LogP contribution in [0.5, 0.6) is 0 Å². The van der Waals surface area contributed by atoms with Crippen LogP contribution in [0.3, 0.4) is 0 Å². The highest BCUT2D eigenvalue weighted by molar-refractivity contribution is 4.98. The summed E-state index contributed by atoms with van der Waals surface area (Å²) in [6.07, 6.45) is 6.81. The van der Waals surface area contributed by atoms with Crippen molar-refractivity contribution in [3.63, 3.8) is 0 Å². The maximum Gasteiger partial charge on any atom is 0.0121 e. The van der Waals surface area contributed by atoms with Crippen molar-refractivity contribution in [3.8, 4) is 0 Å². The first-order valence-electron chi connectivity index (χ1n) is 5.46. The Labute approximate surface area is 76.9 Å². The highest BCUT2D eigenvalue weighted by Crippen LogP contribution is 2.49. The lowest BCUT2D eigenvalue weighted by molar-refractivity contribution is 0.335. The van der Waals surface area contributed by atoms with Gasteiger partial charge in [0.05, 0.1) is 0 Å². The van der Waals surface area contributed by atoms with Crippen LogP contribution in [-0.4, -0.2) is 12.6 Å². The summed E-state index contributed by atoms with van der Waals surface area (Å²) in [5, 5.41) is 3.67. The molecule has 0 amide bonds. The van der Waals surface area contributed by atoms with Crippen molar-refractivity contribution in [2.45, 2.75) is 58.9 Å². The third-order valence-electron chi connectivity index (χ3n) is 3.10. The molecule has 12 heavy (non-hydrogen) atoms. The molecule has 0 aromatic heterocycles. The summed E-state index contributed by atoms with van der Waals surface area (Å²) in [7, 11) is 0. The second-order valence-electron chi connectivity index (χ2n) is 4.45. The highest BCUT2D eigenvalue weighted by Gasteiger charge is 2.43. The van der Waals surface area contributed by atoms with Crippen molar-refractivity contribution in [3.05, 3.63) is 0 Å². The van der Waals surface area contributed by atoms with Gasteiger partial charge in [0, 0.05) is 6.04 Å². The lowest BCUT2D eigenvalue weighted by Crippen LogP contribution is -2.36. The van der Waals surface area contributed by atoms with Gasteiger partial charge in [0.2, 0.25) is 0 Å². The van der Waals surface area contributed by atoms with Crippen LogP contribution in [-0.2, 0) is 0 Å². The van der Waals surface area contributed by atoms with Gasteiger partial charge in [-0.25, -0.2) is 0 Å². The molecule has 1 nitrogen and oxygen atoms in total. The standard InChI is InChI=1S/C11H23N/c1-4-6-10(12-9-5-2)11(3)7-8-11/h10,12H,4-9H2,1-3H3. The molecule has 0 aromatic rings. The molecule has 1 atom stereocenters. The van der Waals surface area contributed by atoms with Crippen LogP contribution in [0, 0.1) is 5.41 Å². The predicted octanol–water partition coefficient (Wildman–Crippen LogP) is 2.95. The van der Waals surface area contributed by atoms with E-state index in [9.17, 15) is 0 Å². The molecule has 72 valence electrons. The summed E-state index contributed by atoms with van der Waals surface area (Å²) >= 11 is 0. The molecule has 1 heteroatoms. The van der Waals surface area contributed by atoms with Crippen molar-refractivity contribution in [2.24, 2.45) is 5.41 Å². The molecule has 1 unspecified atom stereocenters. The quantitative estimate of drug-likeness (QED) is 0.644. The van der Waals surface area contributed by atoms with E-state index in [0.29, 0.717) is 5.41 Å². The summed E-state index contributed by atoms with van der Waals surface area (Å²) in [6, 6.07) is 0.794. The molecule has 1 rings (SSSR count). The molecule has 0 aliphatic heterocycles. The Morgan fingerprint density at radius 3 is 2.33 bits per heavy atom. The van der Waals surface area contributed by atoms with E-state index in [1.165, 1.54) is 38.6 Å². The van der Waals surface area contributed by atoms with Crippen LogP contribution < -0.4 is 5.32 Å². The van der Waals surface area contributed by atoms with Crippen LogP contribution in [0.4, 0.5) is 0 Å². The van der Waals surface area contributed by atoms with Gasteiger partial charge in [-0.2, -0.15) is 0 Å². The molecular weight excluding hydrogens is 146 g/mol. The maximum absolute atomic E-state index is 3.67. The molecule has 0 heterocycles. The molecule has 1 aliphatic rings. The Bertz CT molecular complexity index is 127. The Morgan fingerprint density at radius 2 is 1.92 bits per heavy atom. The first-order chi connectivity index (χ1) is 5.73. The molecule has 0 saturated heterocycles. The van der Waals surface area contributed by atoms with Gasteiger partial charge in [-0.1, -0.05) is 27.2 Å². The second-order valence-corrected chi connectivity index (χ2v) is 4.45. The summed E-state index contributed by atoms with van der Waals surface area (Å²) in [4.78, 5) is 0. The largest absolute Gasteiger partial charge is 0.313 e. The third kappa shape index (κ3) is 2.48. The van der Waals surface area contributed by atoms with Gasteiger partial charge in [0.15, 0.2) is 0 Å². The molecule has 1 saturated carbocycles. The molecule has 0 bridgehead atoms. The average molecular weight is 169 g/mol. The molecule has 0 spiro atoms. The zero-order chi connectivity index (χ0) is 9.03. The normalized spacial score (nSPS) is 22.2. The van der Waals surface area contributed by atoms with E-state index in [0.717, 1.165) is 6.04 Å². The van der Waals surface area contributed by atoms with E-state index >= 15 is 0 Å². The van der Waals surface area contributed by atoms with E-state index in [4.69, 9.17) is 0 Å². The topological polar surface area (TPSA) is 12.0 Å². The van der Waals surface area contributed by atoms with Crippen molar-refractivity contribution >= 4 is 0 Å².